The molecule has 2 aromatic heterocycles. The zero-order chi connectivity index (χ0) is 59.9. The Morgan fingerprint density at radius 3 is 1.90 bits per heavy atom. The minimum Gasteiger partial charge on any atom is -0.507 e. The van der Waals surface area contributed by atoms with E-state index < -0.39 is 62.6 Å². The van der Waals surface area contributed by atoms with Crippen molar-refractivity contribution in [1.29, 1.82) is 0 Å². The molecule has 0 saturated heterocycles. The van der Waals surface area contributed by atoms with Crippen molar-refractivity contribution >= 4 is 11.0 Å². The summed E-state index contributed by atoms with van der Waals surface area (Å²) in [7, 11) is 0. The monoisotopic (exact) mass is 1080 g/mol. The third-order valence-corrected chi connectivity index (χ3v) is 11.9. The van der Waals surface area contributed by atoms with E-state index >= 15 is 0 Å². The van der Waals surface area contributed by atoms with Crippen LogP contribution in [0.25, 0.3) is 95.0 Å². The maximum Gasteiger partial charge on any atom is 0.148 e. The first-order chi connectivity index (χ1) is 38.9. The second-order valence-electron chi connectivity index (χ2n) is 17.6. The maximum absolute atomic E-state index is 11.7. The van der Waals surface area contributed by atoms with Crippen LogP contribution in [-0.4, -0.2) is 19.6 Å². The number of fused-ring (bicyclic) bond motifs is 1. The smallest absolute Gasteiger partial charge is 0.148 e. The van der Waals surface area contributed by atoms with Crippen molar-refractivity contribution in [3.63, 3.8) is 0 Å². The van der Waals surface area contributed by atoms with Crippen molar-refractivity contribution < 1.29 is 48.1 Å². The molecule has 5 heteroatoms. The quantitative estimate of drug-likeness (QED) is 0.154. The first-order valence-electron chi connectivity index (χ1n) is 29.8. The Morgan fingerprint density at radius 1 is 0.544 bits per heavy atom. The van der Waals surface area contributed by atoms with Gasteiger partial charge in [0.1, 0.15) is 11.6 Å². The Bertz CT molecular complexity index is 4060. The predicted molar refractivity (Wildman–Crippen MR) is 280 cm³/mol. The Kier molecular flexibility index (Phi) is 8.25. The number of phenols is 1. The first-order valence-corrected chi connectivity index (χ1v) is 21.8. The number of pyridine rings is 1. The molecule has 0 unspecified atom stereocenters. The number of phenolic OH excluding ortho intramolecular Hbond substituents is 1. The number of hydrogen-bond donors (Lipinski definition) is 1. The van der Waals surface area contributed by atoms with Gasteiger partial charge in [0.25, 0.3) is 0 Å². The van der Waals surface area contributed by atoms with Gasteiger partial charge < -0.3 is 5.11 Å². The zero-order valence-electron chi connectivity index (χ0n) is 53.3. The van der Waals surface area contributed by atoms with Crippen molar-refractivity contribution in [3.05, 3.63) is 217 Å². The summed E-state index contributed by atoms with van der Waals surface area (Å²) < 4.78 is 140. The largest absolute Gasteiger partial charge is 0.507 e. The molecule has 0 aliphatic rings. The molecule has 0 spiro atoms. The Labute approximate surface area is 437 Å². The molecule has 0 atom stereocenters. The van der Waals surface area contributed by atoms with Gasteiger partial charge in [0.05, 0.1) is 27.8 Å². The van der Waals surface area contributed by atoms with Gasteiger partial charge in [-0.1, -0.05) is 197 Å². The average molecular weight is 1080 g/mol. The number of hydrogen-bond acceptors (Lipinski definition) is 3. The van der Waals surface area contributed by atoms with Crippen molar-refractivity contribution in [2.45, 2.75) is 59.0 Å². The molecular formula is C63H54N3OPt-. The molecule has 0 fully saturated rings. The fraction of sp³-hybridized carbons (Fsp3) is 0.143. The van der Waals surface area contributed by atoms with Crippen LogP contribution in [0.5, 0.6) is 5.75 Å². The summed E-state index contributed by atoms with van der Waals surface area (Å²) in [5.74, 6) is 0.225. The van der Waals surface area contributed by atoms with Gasteiger partial charge in [-0.2, -0.15) is 0 Å². The number of benzene rings is 8. The van der Waals surface area contributed by atoms with Crippen molar-refractivity contribution in [3.8, 4) is 89.7 Å². The molecule has 0 saturated carbocycles. The molecule has 0 aliphatic carbocycles. The second kappa shape index (κ2) is 18.5. The van der Waals surface area contributed by atoms with Gasteiger partial charge in [-0.25, -0.2) is 4.98 Å². The van der Waals surface area contributed by atoms with E-state index in [2.05, 4.69) is 44.0 Å². The summed E-state index contributed by atoms with van der Waals surface area (Å²) >= 11 is 0. The molecule has 0 aliphatic heterocycles. The number of rotatable bonds is 8. The van der Waals surface area contributed by atoms with E-state index in [-0.39, 0.29) is 54.6 Å². The number of aromatic hydroxyl groups is 1. The first kappa shape index (κ1) is 30.3. The predicted octanol–water partition coefficient (Wildman–Crippen LogP) is 16.5. The number of para-hydroxylation sites is 2. The van der Waals surface area contributed by atoms with E-state index in [9.17, 15) is 5.11 Å². The third kappa shape index (κ3) is 9.02. The Morgan fingerprint density at radius 2 is 1.21 bits per heavy atom. The van der Waals surface area contributed by atoms with Crippen LogP contribution in [0.1, 0.15) is 79.9 Å². The van der Waals surface area contributed by atoms with Crippen LogP contribution in [0, 0.1) is 12.9 Å². The van der Waals surface area contributed by atoms with Gasteiger partial charge in [-0.3, -0.25) is 9.55 Å². The van der Waals surface area contributed by atoms with E-state index in [4.69, 9.17) is 26.9 Å². The van der Waals surface area contributed by atoms with Crippen molar-refractivity contribution in [1.82, 2.24) is 14.5 Å². The molecule has 8 aromatic carbocycles. The molecule has 4 nitrogen and oxygen atoms in total. The van der Waals surface area contributed by atoms with Gasteiger partial charge in [0.15, 0.2) is 0 Å². The molecule has 10 aromatic rings. The molecule has 2 heterocycles. The number of aromatic nitrogens is 3. The van der Waals surface area contributed by atoms with E-state index in [1.807, 2.05) is 114 Å². The average Bonchev–Trinajstić information content (AvgIpc) is 0.775. The van der Waals surface area contributed by atoms with Crippen LogP contribution in [0.2, 0.25) is 0 Å². The number of aryl methyl sites for hydroxylation is 1. The SMILES string of the molecule is [2H]c1c([2H])c(C(C([2H])([2H])[2H])(C([2H])([2H])[2H])C([2H])([2H])[2H])c([2H])c([2H])c1-c1ccnc(-c2[c-]c(-c3cccc4c3nc(-c3ccccc3O)n4-c3cc(C([2H])([2H])[2H])c(-c4ccccc4)cc3-c3ccc(C(C)(C)C)cc3)cc(-c3ccccc3)c2)c1.[Pt]. The van der Waals surface area contributed by atoms with Gasteiger partial charge >= 0.3 is 0 Å². The summed E-state index contributed by atoms with van der Waals surface area (Å²) in [4.78, 5) is 10.0. The van der Waals surface area contributed by atoms with Crippen LogP contribution in [0.3, 0.4) is 0 Å². The fourth-order valence-corrected chi connectivity index (χ4v) is 8.44. The van der Waals surface area contributed by atoms with E-state index in [1.165, 1.54) is 18.3 Å². The molecule has 68 heavy (non-hydrogen) atoms. The Hall–Kier alpha value is -7.13. The van der Waals surface area contributed by atoms with Gasteiger partial charge in [-0.15, -0.1) is 23.8 Å². The van der Waals surface area contributed by atoms with Crippen LogP contribution < -0.4 is 0 Å². The van der Waals surface area contributed by atoms with Crippen LogP contribution in [0.15, 0.2) is 194 Å². The second-order valence-corrected chi connectivity index (χ2v) is 17.6. The molecule has 10 rings (SSSR count). The van der Waals surface area contributed by atoms with E-state index in [1.54, 1.807) is 30.3 Å². The Balaban J connectivity index is 0.00000846. The summed E-state index contributed by atoms with van der Waals surface area (Å²) in [5.41, 5.74) is 3.38. The van der Waals surface area contributed by atoms with Crippen molar-refractivity contribution in [2.24, 2.45) is 0 Å². The van der Waals surface area contributed by atoms with Gasteiger partial charge in [0.2, 0.25) is 0 Å². The molecular weight excluding hydrogens is 1010 g/mol. The topological polar surface area (TPSA) is 50.9 Å². The molecule has 0 radical (unpaired) electrons. The van der Waals surface area contributed by atoms with E-state index in [0.717, 1.165) is 16.7 Å². The third-order valence-electron chi connectivity index (χ3n) is 11.9. The number of imidazole rings is 1. The fourth-order valence-electron chi connectivity index (χ4n) is 8.44. The molecule has 1 N–H and O–H groups in total. The zero-order valence-corrected chi connectivity index (χ0v) is 39.5. The summed E-state index contributed by atoms with van der Waals surface area (Å²) in [5, 5.41) is 11.7. The minimum atomic E-state index is -3.84. The van der Waals surface area contributed by atoms with Gasteiger partial charge in [-0.05, 0) is 104 Å². The van der Waals surface area contributed by atoms with Crippen LogP contribution >= 0.6 is 0 Å². The standard InChI is InChI=1S/C63H54N3O.Pt/c1-41-35-58(55(40-54(41)44-19-12-9-13-20-44)45-27-31-51(32-28-45)63(5,6)7)66-57-23-16-22-52(60(57)65-61(66)53-21-14-15-24-59(53)67)48-36-47(42-17-10-8-11-18-42)37-49(38-48)56-39-46(33-34-64-56)43-25-29-50(30-26-43)62(2,3)4;/h8-37,39-40,67H,1-7H3;/q-1;/i1D3,2D3,3D3,4D3,25D,26D,29D,30D;. The molecule has 338 valence electrons. The van der Waals surface area contributed by atoms with Gasteiger partial charge in [0, 0.05) is 55.0 Å². The van der Waals surface area contributed by atoms with Crippen LogP contribution in [0.4, 0.5) is 0 Å². The molecule has 0 bridgehead atoms. The minimum absolute atomic E-state index is 0. The van der Waals surface area contributed by atoms with Crippen molar-refractivity contribution in [2.75, 3.05) is 0 Å². The molecule has 0 amide bonds. The summed E-state index contributed by atoms with van der Waals surface area (Å²) in [6, 6.07) is 49.1. The maximum atomic E-state index is 11.7. The summed E-state index contributed by atoms with van der Waals surface area (Å²) in [6.07, 6.45) is 1.37. The number of nitrogens with zero attached hydrogens (tertiary/aromatic N) is 3. The van der Waals surface area contributed by atoms with Crippen LogP contribution in [-0.2, 0) is 31.9 Å². The van der Waals surface area contributed by atoms with E-state index in [0.29, 0.717) is 67.1 Å². The summed E-state index contributed by atoms with van der Waals surface area (Å²) in [6.45, 7) is -7.74. The normalized spacial score (nSPS) is 15.9.